The van der Waals surface area contributed by atoms with Crippen LogP contribution in [0.2, 0.25) is 0 Å². The first-order valence-corrected chi connectivity index (χ1v) is 9.15. The Morgan fingerprint density at radius 2 is 1.81 bits per heavy atom. The zero-order chi connectivity index (χ0) is 18.8. The minimum Gasteiger partial charge on any atom is -0.357 e. The van der Waals surface area contributed by atoms with Gasteiger partial charge in [0.05, 0.1) is 5.56 Å². The lowest BCUT2D eigenvalue weighted by Crippen LogP contribution is -2.14. The van der Waals surface area contributed by atoms with E-state index >= 15 is 0 Å². The summed E-state index contributed by atoms with van der Waals surface area (Å²) in [6, 6.07) is 15.5. The number of benzene rings is 2. The summed E-state index contributed by atoms with van der Waals surface area (Å²) in [7, 11) is 0. The minimum absolute atomic E-state index is 0.206. The third-order valence-corrected chi connectivity index (χ3v) is 4.79. The molecule has 0 aliphatic heterocycles. The normalized spacial score (nSPS) is 10.9. The summed E-state index contributed by atoms with van der Waals surface area (Å²) in [6.07, 6.45) is 3.74. The van der Waals surface area contributed by atoms with Crippen molar-refractivity contribution >= 4 is 38.4 Å². The number of rotatable bonds is 4. The van der Waals surface area contributed by atoms with Crippen molar-refractivity contribution in [2.75, 3.05) is 5.32 Å². The molecule has 2 aromatic carbocycles. The highest BCUT2D eigenvalue weighted by molar-refractivity contribution is 9.10. The van der Waals surface area contributed by atoms with Crippen LogP contribution in [-0.2, 0) is 6.42 Å². The third kappa shape index (κ3) is 3.75. The summed E-state index contributed by atoms with van der Waals surface area (Å²) in [4.78, 5) is 20.3. The summed E-state index contributed by atoms with van der Waals surface area (Å²) in [5.74, 6) is -0.488. The number of aromatic nitrogens is 2. The number of anilines is 1. The van der Waals surface area contributed by atoms with Crippen molar-refractivity contribution in [1.29, 1.82) is 0 Å². The lowest BCUT2D eigenvalue weighted by atomic mass is 10.0. The van der Waals surface area contributed by atoms with E-state index in [0.717, 1.165) is 26.6 Å². The van der Waals surface area contributed by atoms with Gasteiger partial charge in [-0.15, -0.1) is 0 Å². The van der Waals surface area contributed by atoms with Gasteiger partial charge in [-0.1, -0.05) is 28.1 Å². The average molecular weight is 424 g/mol. The summed E-state index contributed by atoms with van der Waals surface area (Å²) < 4.78 is 14.1. The SMILES string of the molecule is O=C(Nc1ccncc1)c1c(Cc2ccc(F)cc2)[nH]c2ccc(Br)cc12. The van der Waals surface area contributed by atoms with Crippen molar-refractivity contribution in [3.05, 3.63) is 94.1 Å². The van der Waals surface area contributed by atoms with Gasteiger partial charge in [0, 0.05) is 45.6 Å². The molecule has 2 aromatic heterocycles. The van der Waals surface area contributed by atoms with E-state index in [1.807, 2.05) is 18.2 Å². The fraction of sp³-hybridized carbons (Fsp3) is 0.0476. The number of aromatic amines is 1. The molecule has 4 rings (SSSR count). The van der Waals surface area contributed by atoms with E-state index in [-0.39, 0.29) is 11.7 Å². The van der Waals surface area contributed by atoms with Crippen LogP contribution in [0, 0.1) is 5.82 Å². The molecule has 2 heterocycles. The number of pyridine rings is 1. The average Bonchev–Trinajstić information content (AvgIpc) is 3.01. The van der Waals surface area contributed by atoms with Crippen molar-refractivity contribution in [3.8, 4) is 0 Å². The summed E-state index contributed by atoms with van der Waals surface area (Å²) in [6.45, 7) is 0. The number of hydrogen-bond donors (Lipinski definition) is 2. The van der Waals surface area contributed by atoms with Crippen LogP contribution in [-0.4, -0.2) is 15.9 Å². The Bertz CT molecular complexity index is 1110. The first-order valence-electron chi connectivity index (χ1n) is 8.36. The topological polar surface area (TPSA) is 57.8 Å². The van der Waals surface area contributed by atoms with Crippen LogP contribution < -0.4 is 5.32 Å². The van der Waals surface area contributed by atoms with Gasteiger partial charge in [-0.05, 0) is 48.0 Å². The summed E-state index contributed by atoms with van der Waals surface area (Å²) >= 11 is 3.47. The van der Waals surface area contributed by atoms with Crippen molar-refractivity contribution in [3.63, 3.8) is 0 Å². The van der Waals surface area contributed by atoms with E-state index in [9.17, 15) is 9.18 Å². The third-order valence-electron chi connectivity index (χ3n) is 4.30. The number of carbonyl (C=O) groups is 1. The molecule has 134 valence electrons. The standard InChI is InChI=1S/C21H15BrFN3O/c22-14-3-6-18-17(12-14)20(21(27)25-16-7-9-24-10-8-16)19(26-18)11-13-1-4-15(23)5-2-13/h1-10,12,26H,11H2,(H,24,25,27). The van der Waals surface area contributed by atoms with Gasteiger partial charge in [-0.3, -0.25) is 9.78 Å². The summed E-state index contributed by atoms with van der Waals surface area (Å²) in [5.41, 5.74) is 3.82. The Morgan fingerprint density at radius 3 is 2.56 bits per heavy atom. The molecule has 0 fully saturated rings. The van der Waals surface area contributed by atoms with Gasteiger partial charge >= 0.3 is 0 Å². The molecule has 0 atom stereocenters. The Kier molecular flexibility index (Phi) is 4.73. The smallest absolute Gasteiger partial charge is 0.258 e. The molecule has 0 saturated carbocycles. The maximum absolute atomic E-state index is 13.2. The van der Waals surface area contributed by atoms with E-state index in [1.54, 1.807) is 36.7 Å². The van der Waals surface area contributed by atoms with Crippen molar-refractivity contribution < 1.29 is 9.18 Å². The molecule has 0 aliphatic carbocycles. The van der Waals surface area contributed by atoms with Crippen LogP contribution in [0.15, 0.2) is 71.5 Å². The second-order valence-electron chi connectivity index (χ2n) is 6.16. The highest BCUT2D eigenvalue weighted by Crippen LogP contribution is 2.28. The minimum atomic E-state index is -0.282. The Morgan fingerprint density at radius 1 is 1.07 bits per heavy atom. The lowest BCUT2D eigenvalue weighted by molar-refractivity contribution is 0.102. The number of hydrogen-bond acceptors (Lipinski definition) is 2. The molecule has 2 N–H and O–H groups in total. The Hall–Kier alpha value is -2.99. The van der Waals surface area contributed by atoms with Gasteiger partial charge < -0.3 is 10.3 Å². The van der Waals surface area contributed by atoms with Crippen LogP contribution in [0.5, 0.6) is 0 Å². The van der Waals surface area contributed by atoms with Crippen LogP contribution in [0.4, 0.5) is 10.1 Å². The first kappa shape index (κ1) is 17.4. The van der Waals surface area contributed by atoms with Crippen LogP contribution in [0.1, 0.15) is 21.6 Å². The van der Waals surface area contributed by atoms with Gasteiger partial charge in [0.2, 0.25) is 0 Å². The second-order valence-corrected chi connectivity index (χ2v) is 7.08. The largest absolute Gasteiger partial charge is 0.357 e. The van der Waals surface area contributed by atoms with E-state index in [1.165, 1.54) is 12.1 Å². The maximum atomic E-state index is 13.2. The quantitative estimate of drug-likeness (QED) is 0.467. The van der Waals surface area contributed by atoms with E-state index < -0.39 is 0 Å². The zero-order valence-corrected chi connectivity index (χ0v) is 15.8. The van der Waals surface area contributed by atoms with Crippen molar-refractivity contribution in [1.82, 2.24) is 9.97 Å². The van der Waals surface area contributed by atoms with E-state index in [4.69, 9.17) is 0 Å². The zero-order valence-electron chi connectivity index (χ0n) is 14.2. The fourth-order valence-electron chi connectivity index (χ4n) is 3.05. The highest BCUT2D eigenvalue weighted by Gasteiger charge is 2.19. The molecule has 6 heteroatoms. The van der Waals surface area contributed by atoms with Crippen LogP contribution in [0.25, 0.3) is 10.9 Å². The predicted octanol–water partition coefficient (Wildman–Crippen LogP) is 5.31. The Balaban J connectivity index is 1.77. The molecule has 1 amide bonds. The number of carbonyl (C=O) groups excluding carboxylic acids is 1. The molecule has 0 radical (unpaired) electrons. The lowest BCUT2D eigenvalue weighted by Gasteiger charge is -2.07. The molecule has 4 aromatic rings. The number of nitrogens with zero attached hydrogens (tertiary/aromatic N) is 1. The van der Waals surface area contributed by atoms with Crippen LogP contribution in [0.3, 0.4) is 0 Å². The van der Waals surface area contributed by atoms with Gasteiger partial charge in [0.15, 0.2) is 0 Å². The first-order chi connectivity index (χ1) is 13.1. The molecule has 4 nitrogen and oxygen atoms in total. The fourth-order valence-corrected chi connectivity index (χ4v) is 3.41. The molecule has 0 bridgehead atoms. The number of H-pyrrole nitrogens is 1. The molecule has 27 heavy (non-hydrogen) atoms. The van der Waals surface area contributed by atoms with Gasteiger partial charge in [-0.2, -0.15) is 0 Å². The second kappa shape index (κ2) is 7.32. The molecule has 0 aliphatic rings. The van der Waals surface area contributed by atoms with Crippen molar-refractivity contribution in [2.24, 2.45) is 0 Å². The molecule has 0 unspecified atom stereocenters. The predicted molar refractivity (Wildman–Crippen MR) is 107 cm³/mol. The summed E-state index contributed by atoms with van der Waals surface area (Å²) in [5, 5.41) is 3.74. The number of amides is 1. The molecule has 0 saturated heterocycles. The van der Waals surface area contributed by atoms with E-state index in [2.05, 4.69) is 31.2 Å². The monoisotopic (exact) mass is 423 g/mol. The van der Waals surface area contributed by atoms with E-state index in [0.29, 0.717) is 17.7 Å². The van der Waals surface area contributed by atoms with Crippen LogP contribution >= 0.6 is 15.9 Å². The molecular weight excluding hydrogens is 409 g/mol. The van der Waals surface area contributed by atoms with Crippen molar-refractivity contribution in [2.45, 2.75) is 6.42 Å². The van der Waals surface area contributed by atoms with Gasteiger partial charge in [-0.25, -0.2) is 4.39 Å². The molecule has 0 spiro atoms. The maximum Gasteiger partial charge on any atom is 0.258 e. The van der Waals surface area contributed by atoms with Gasteiger partial charge in [0.1, 0.15) is 5.82 Å². The van der Waals surface area contributed by atoms with Gasteiger partial charge in [0.25, 0.3) is 5.91 Å². The molecular formula is C21H15BrFN3O. The Labute approximate surface area is 163 Å². The highest BCUT2D eigenvalue weighted by atomic mass is 79.9. The number of fused-ring (bicyclic) bond motifs is 1. The number of nitrogens with one attached hydrogen (secondary N) is 2. The number of halogens is 2.